The molecule has 0 aliphatic carbocycles. The highest BCUT2D eigenvalue weighted by Gasteiger charge is 2.35. The van der Waals surface area contributed by atoms with E-state index in [9.17, 15) is 8.42 Å². The molecule has 0 radical (unpaired) electrons. The molecule has 0 saturated heterocycles. The van der Waals surface area contributed by atoms with E-state index in [0.29, 0.717) is 0 Å². The summed E-state index contributed by atoms with van der Waals surface area (Å²) in [6.45, 7) is 2.94. The Hall–Kier alpha value is -0.130. The summed E-state index contributed by atoms with van der Waals surface area (Å²) in [7, 11) is -2.84. The minimum absolute atomic E-state index is 0.225. The van der Waals surface area contributed by atoms with Crippen molar-refractivity contribution in [3.8, 4) is 0 Å². The van der Waals surface area contributed by atoms with Crippen LogP contribution in [0.25, 0.3) is 0 Å². The molecule has 0 aromatic heterocycles. The Kier molecular flexibility index (Phi) is 2.82. The number of hydrogen-bond donors (Lipinski definition) is 1. The summed E-state index contributed by atoms with van der Waals surface area (Å²) in [6.07, 6.45) is 0.225. The van der Waals surface area contributed by atoms with Gasteiger partial charge in [0.25, 0.3) is 10.1 Å². The van der Waals surface area contributed by atoms with Crippen LogP contribution in [0.5, 0.6) is 0 Å². The van der Waals surface area contributed by atoms with Gasteiger partial charge in [-0.3, -0.25) is 4.55 Å². The highest BCUT2D eigenvalue weighted by Crippen LogP contribution is 2.19. The molecule has 0 bridgehead atoms. The SMILES string of the molecule is CCC(C)(OC)S(=O)(=O)O. The zero-order valence-corrected chi connectivity index (χ0v) is 7.10. The van der Waals surface area contributed by atoms with E-state index in [1.54, 1.807) is 6.92 Å². The van der Waals surface area contributed by atoms with E-state index in [1.165, 1.54) is 14.0 Å². The number of ether oxygens (including phenoxy) is 1. The third-order valence-corrected chi connectivity index (χ3v) is 3.17. The van der Waals surface area contributed by atoms with Crippen LogP contribution in [0.3, 0.4) is 0 Å². The molecule has 1 unspecified atom stereocenters. The molecule has 0 rings (SSSR count). The summed E-state index contributed by atoms with van der Waals surface area (Å²) in [5.74, 6) is 0. The molecule has 0 aliphatic rings. The molecular weight excluding hydrogens is 156 g/mol. The lowest BCUT2D eigenvalue weighted by Gasteiger charge is -2.21. The van der Waals surface area contributed by atoms with Crippen molar-refractivity contribution in [2.75, 3.05) is 7.11 Å². The molecule has 1 N–H and O–H groups in total. The summed E-state index contributed by atoms with van der Waals surface area (Å²) in [5.41, 5.74) is 0. The molecule has 0 aromatic carbocycles. The monoisotopic (exact) mass is 168 g/mol. The molecule has 62 valence electrons. The van der Waals surface area contributed by atoms with Crippen molar-refractivity contribution in [3.05, 3.63) is 0 Å². The quantitative estimate of drug-likeness (QED) is 0.628. The maximum Gasteiger partial charge on any atom is 0.294 e. The van der Waals surface area contributed by atoms with Gasteiger partial charge in [-0.05, 0) is 13.3 Å². The average Bonchev–Trinajstić information content (AvgIpc) is 1.84. The number of rotatable bonds is 3. The first-order valence-electron chi connectivity index (χ1n) is 2.89. The lowest BCUT2D eigenvalue weighted by molar-refractivity contribution is 0.0660. The van der Waals surface area contributed by atoms with Gasteiger partial charge in [-0.25, -0.2) is 0 Å². The highest BCUT2D eigenvalue weighted by molar-refractivity contribution is 7.87. The predicted octanol–water partition coefficient (Wildman–Crippen LogP) is 0.647. The Morgan fingerprint density at radius 2 is 2.00 bits per heavy atom. The predicted molar refractivity (Wildman–Crippen MR) is 37.3 cm³/mol. The summed E-state index contributed by atoms with van der Waals surface area (Å²) in [5, 5.41) is 0. The van der Waals surface area contributed by atoms with Gasteiger partial charge in [0.1, 0.15) is 0 Å². The topological polar surface area (TPSA) is 63.6 Å². The van der Waals surface area contributed by atoms with Crippen molar-refractivity contribution in [2.24, 2.45) is 0 Å². The first kappa shape index (κ1) is 9.87. The summed E-state index contributed by atoms with van der Waals surface area (Å²) < 4.78 is 34.3. The molecule has 10 heavy (non-hydrogen) atoms. The first-order valence-corrected chi connectivity index (χ1v) is 4.33. The third-order valence-electron chi connectivity index (χ3n) is 1.62. The van der Waals surface area contributed by atoms with Crippen LogP contribution in [-0.2, 0) is 14.9 Å². The molecular formula is C5H12O4S. The van der Waals surface area contributed by atoms with Crippen LogP contribution >= 0.6 is 0 Å². The second-order valence-corrected chi connectivity index (χ2v) is 3.98. The Labute approximate surface area is 60.9 Å². The van der Waals surface area contributed by atoms with E-state index < -0.39 is 15.1 Å². The van der Waals surface area contributed by atoms with E-state index in [1.807, 2.05) is 0 Å². The fourth-order valence-corrected chi connectivity index (χ4v) is 1.01. The van der Waals surface area contributed by atoms with Crippen molar-refractivity contribution in [3.63, 3.8) is 0 Å². The Morgan fingerprint density at radius 1 is 1.60 bits per heavy atom. The molecule has 0 saturated carbocycles. The van der Waals surface area contributed by atoms with Gasteiger partial charge in [-0.1, -0.05) is 6.92 Å². The van der Waals surface area contributed by atoms with E-state index >= 15 is 0 Å². The molecule has 1 atom stereocenters. The Morgan fingerprint density at radius 3 is 2.00 bits per heavy atom. The van der Waals surface area contributed by atoms with Crippen molar-refractivity contribution in [1.82, 2.24) is 0 Å². The van der Waals surface area contributed by atoms with E-state index in [-0.39, 0.29) is 6.42 Å². The summed E-state index contributed by atoms with van der Waals surface area (Å²) in [4.78, 5) is -1.45. The molecule has 0 heterocycles. The van der Waals surface area contributed by atoms with Gasteiger partial charge in [0.15, 0.2) is 4.93 Å². The van der Waals surface area contributed by atoms with Crippen LogP contribution in [0.2, 0.25) is 0 Å². The Bertz CT molecular complexity index is 190. The largest absolute Gasteiger partial charge is 0.360 e. The molecule has 4 nitrogen and oxygen atoms in total. The van der Waals surface area contributed by atoms with Gasteiger partial charge in [0, 0.05) is 7.11 Å². The van der Waals surface area contributed by atoms with E-state index in [0.717, 1.165) is 0 Å². The van der Waals surface area contributed by atoms with Gasteiger partial charge in [0.05, 0.1) is 0 Å². The molecule has 0 fully saturated rings. The van der Waals surface area contributed by atoms with E-state index in [2.05, 4.69) is 4.74 Å². The second-order valence-electron chi connectivity index (χ2n) is 2.17. The van der Waals surface area contributed by atoms with Gasteiger partial charge >= 0.3 is 0 Å². The molecule has 0 aromatic rings. The number of methoxy groups -OCH3 is 1. The summed E-state index contributed by atoms with van der Waals surface area (Å²) in [6, 6.07) is 0. The second kappa shape index (κ2) is 2.86. The van der Waals surface area contributed by atoms with Crippen molar-refractivity contribution in [2.45, 2.75) is 25.2 Å². The lowest BCUT2D eigenvalue weighted by atomic mass is 10.3. The standard InChI is InChI=1S/C5H12O4S/c1-4-5(2,9-3)10(6,7)8/h4H2,1-3H3,(H,6,7,8). The maximum atomic E-state index is 10.5. The molecule has 0 amide bonds. The highest BCUT2D eigenvalue weighted by atomic mass is 32.2. The molecule has 5 heteroatoms. The minimum Gasteiger partial charge on any atom is -0.360 e. The maximum absolute atomic E-state index is 10.5. The molecule has 0 aliphatic heterocycles. The molecule has 0 spiro atoms. The fraction of sp³-hybridized carbons (Fsp3) is 1.00. The van der Waals surface area contributed by atoms with Crippen molar-refractivity contribution in [1.29, 1.82) is 0 Å². The van der Waals surface area contributed by atoms with Gasteiger partial charge < -0.3 is 4.74 Å². The average molecular weight is 168 g/mol. The zero-order valence-electron chi connectivity index (χ0n) is 6.29. The normalized spacial score (nSPS) is 18.4. The van der Waals surface area contributed by atoms with Gasteiger partial charge in [0.2, 0.25) is 0 Å². The van der Waals surface area contributed by atoms with Crippen LogP contribution in [0, 0.1) is 0 Å². The lowest BCUT2D eigenvalue weighted by Crippen LogP contribution is -2.36. The van der Waals surface area contributed by atoms with Gasteiger partial charge in [-0.2, -0.15) is 8.42 Å². The Balaban J connectivity index is 4.68. The van der Waals surface area contributed by atoms with Crippen LogP contribution in [0.1, 0.15) is 20.3 Å². The minimum atomic E-state index is -4.09. The third kappa shape index (κ3) is 1.68. The fourth-order valence-electron chi connectivity index (χ4n) is 0.432. The van der Waals surface area contributed by atoms with Crippen molar-refractivity contribution < 1.29 is 17.7 Å². The first-order chi connectivity index (χ1) is 4.37. The van der Waals surface area contributed by atoms with Crippen LogP contribution in [0.4, 0.5) is 0 Å². The van der Waals surface area contributed by atoms with Crippen LogP contribution in [0.15, 0.2) is 0 Å². The smallest absolute Gasteiger partial charge is 0.294 e. The van der Waals surface area contributed by atoms with Gasteiger partial charge in [-0.15, -0.1) is 0 Å². The van der Waals surface area contributed by atoms with Crippen LogP contribution in [-0.4, -0.2) is 25.0 Å². The van der Waals surface area contributed by atoms with Crippen LogP contribution < -0.4 is 0 Å². The number of hydrogen-bond acceptors (Lipinski definition) is 3. The van der Waals surface area contributed by atoms with Crippen molar-refractivity contribution >= 4 is 10.1 Å². The zero-order chi connectivity index (χ0) is 8.41. The summed E-state index contributed by atoms with van der Waals surface area (Å²) >= 11 is 0. The van der Waals surface area contributed by atoms with E-state index in [4.69, 9.17) is 4.55 Å².